The fourth-order valence-electron chi connectivity index (χ4n) is 1.45. The summed E-state index contributed by atoms with van der Waals surface area (Å²) in [4.78, 5) is 6.69. The highest BCUT2D eigenvalue weighted by Gasteiger charge is 2.04. The first-order valence-electron chi connectivity index (χ1n) is 4.35. The van der Waals surface area contributed by atoms with Crippen LogP contribution in [0, 0.1) is 6.92 Å². The van der Waals surface area contributed by atoms with E-state index in [9.17, 15) is 0 Å². The van der Waals surface area contributed by atoms with Crippen molar-refractivity contribution in [1.82, 2.24) is 4.98 Å². The predicted octanol–water partition coefficient (Wildman–Crippen LogP) is 3.55. The number of aromatic nitrogens is 1. The number of rotatable bonds is 1. The number of aryl methyl sites for hydroxylation is 1. The van der Waals surface area contributed by atoms with Gasteiger partial charge in [-0.2, -0.15) is 0 Å². The molecule has 0 aliphatic heterocycles. The van der Waals surface area contributed by atoms with Crippen LogP contribution in [-0.2, 0) is 0 Å². The fourth-order valence-corrected chi connectivity index (χ4v) is 2.29. The van der Waals surface area contributed by atoms with Crippen LogP contribution in [0.1, 0.15) is 5.69 Å². The van der Waals surface area contributed by atoms with Crippen LogP contribution in [0.5, 0.6) is 0 Å². The maximum Gasteiger partial charge on any atom is 0.0849 e. The zero-order valence-electron chi connectivity index (χ0n) is 8.11. The molecule has 3 heteroatoms. The minimum atomic E-state index is 0.946. The molecule has 0 amide bonds. The summed E-state index contributed by atoms with van der Waals surface area (Å²) in [6.45, 7) is 2.00. The van der Waals surface area contributed by atoms with Crippen LogP contribution in [0.25, 0.3) is 10.9 Å². The van der Waals surface area contributed by atoms with Crippen LogP contribution in [0.3, 0.4) is 0 Å². The molecule has 0 saturated heterocycles. The molecule has 14 heavy (non-hydrogen) atoms. The molecule has 0 aliphatic rings. The smallest absolute Gasteiger partial charge is 0.0849 e. The van der Waals surface area contributed by atoms with Crippen molar-refractivity contribution in [2.75, 3.05) is 6.26 Å². The van der Waals surface area contributed by atoms with E-state index in [0.717, 1.165) is 16.1 Å². The van der Waals surface area contributed by atoms with Gasteiger partial charge in [-0.05, 0) is 37.4 Å². The van der Waals surface area contributed by atoms with Crippen LogP contribution in [0.4, 0.5) is 0 Å². The van der Waals surface area contributed by atoms with E-state index < -0.39 is 0 Å². The van der Waals surface area contributed by atoms with Gasteiger partial charge in [-0.25, -0.2) is 0 Å². The van der Waals surface area contributed by atoms with Gasteiger partial charge in [-0.3, -0.25) is 4.98 Å². The molecule has 2 rings (SSSR count). The maximum atomic E-state index is 4.49. The summed E-state index contributed by atoms with van der Waals surface area (Å²) in [6.07, 6.45) is 2.08. The summed E-state index contributed by atoms with van der Waals surface area (Å²) >= 11 is 6.15. The number of thioether (sulfide) groups is 1. The lowest BCUT2D eigenvalue weighted by Gasteiger charge is -2.05. The second-order valence-electron chi connectivity index (χ2n) is 3.14. The zero-order chi connectivity index (χ0) is 10.1. The first kappa shape index (κ1) is 9.87. The SMILES string of the molecule is CSc1ccc(S)c2nc(C)ccc12. The third-order valence-corrected chi connectivity index (χ3v) is 3.31. The van der Waals surface area contributed by atoms with Crippen molar-refractivity contribution in [3.8, 4) is 0 Å². The van der Waals surface area contributed by atoms with Crippen molar-refractivity contribution >= 4 is 35.3 Å². The van der Waals surface area contributed by atoms with E-state index in [4.69, 9.17) is 0 Å². The largest absolute Gasteiger partial charge is 0.252 e. The van der Waals surface area contributed by atoms with Gasteiger partial charge in [0, 0.05) is 20.9 Å². The Hall–Kier alpha value is -0.670. The highest BCUT2D eigenvalue weighted by Crippen LogP contribution is 2.29. The molecule has 0 fully saturated rings. The van der Waals surface area contributed by atoms with E-state index >= 15 is 0 Å². The Kier molecular flexibility index (Phi) is 2.70. The van der Waals surface area contributed by atoms with Crippen LogP contribution >= 0.6 is 24.4 Å². The molecule has 0 aliphatic carbocycles. The summed E-state index contributed by atoms with van der Waals surface area (Å²) in [5, 5.41) is 1.19. The molecule has 0 saturated carbocycles. The number of hydrogen-bond acceptors (Lipinski definition) is 3. The van der Waals surface area contributed by atoms with E-state index in [2.05, 4.69) is 36.0 Å². The third-order valence-electron chi connectivity index (χ3n) is 2.16. The minimum Gasteiger partial charge on any atom is -0.252 e. The zero-order valence-corrected chi connectivity index (χ0v) is 9.82. The Morgan fingerprint density at radius 2 is 2.00 bits per heavy atom. The Morgan fingerprint density at radius 3 is 2.71 bits per heavy atom. The molecule has 0 radical (unpaired) electrons. The van der Waals surface area contributed by atoms with E-state index in [-0.39, 0.29) is 0 Å². The lowest BCUT2D eigenvalue weighted by Crippen LogP contribution is -1.86. The number of hydrogen-bond donors (Lipinski definition) is 1. The molecule has 0 unspecified atom stereocenters. The molecule has 1 aromatic heterocycles. The van der Waals surface area contributed by atoms with Crippen LogP contribution in [0.15, 0.2) is 34.1 Å². The van der Waals surface area contributed by atoms with Gasteiger partial charge >= 0.3 is 0 Å². The van der Waals surface area contributed by atoms with Gasteiger partial charge in [-0.15, -0.1) is 24.4 Å². The highest BCUT2D eigenvalue weighted by molar-refractivity contribution is 7.98. The van der Waals surface area contributed by atoms with Gasteiger partial charge in [0.15, 0.2) is 0 Å². The fraction of sp³-hybridized carbons (Fsp3) is 0.182. The van der Waals surface area contributed by atoms with Crippen molar-refractivity contribution in [1.29, 1.82) is 0 Å². The average Bonchev–Trinajstić information content (AvgIpc) is 2.19. The molecule has 72 valence electrons. The van der Waals surface area contributed by atoms with Gasteiger partial charge < -0.3 is 0 Å². The summed E-state index contributed by atoms with van der Waals surface area (Å²) < 4.78 is 0. The number of benzene rings is 1. The molecule has 0 bridgehead atoms. The first-order chi connectivity index (χ1) is 6.72. The van der Waals surface area contributed by atoms with Crippen molar-refractivity contribution in [2.45, 2.75) is 16.7 Å². The monoisotopic (exact) mass is 221 g/mol. The summed E-state index contributed by atoms with van der Waals surface area (Å²) in [5.41, 5.74) is 2.03. The van der Waals surface area contributed by atoms with Gasteiger partial charge in [0.05, 0.1) is 5.52 Å². The Labute approximate surface area is 93.3 Å². The van der Waals surface area contributed by atoms with Crippen molar-refractivity contribution in [3.63, 3.8) is 0 Å². The summed E-state index contributed by atoms with van der Waals surface area (Å²) in [6, 6.07) is 8.24. The normalized spacial score (nSPS) is 10.8. The molecule has 1 heterocycles. The average molecular weight is 221 g/mol. The Morgan fingerprint density at radius 1 is 1.21 bits per heavy atom. The molecular formula is C11H11NS2. The number of pyridine rings is 1. The van der Waals surface area contributed by atoms with Gasteiger partial charge in [0.1, 0.15) is 0 Å². The van der Waals surface area contributed by atoms with Crippen LogP contribution < -0.4 is 0 Å². The molecule has 2 aromatic rings. The topological polar surface area (TPSA) is 12.9 Å². The lowest BCUT2D eigenvalue weighted by molar-refractivity contribution is 1.22. The van der Waals surface area contributed by atoms with Crippen LogP contribution in [-0.4, -0.2) is 11.2 Å². The quantitative estimate of drug-likeness (QED) is 0.584. The Bertz CT molecular complexity index is 480. The summed E-state index contributed by atoms with van der Waals surface area (Å²) in [5.74, 6) is 0. The third kappa shape index (κ3) is 1.62. The highest BCUT2D eigenvalue weighted by atomic mass is 32.2. The van der Waals surface area contributed by atoms with Crippen molar-refractivity contribution in [2.24, 2.45) is 0 Å². The first-order valence-corrected chi connectivity index (χ1v) is 6.03. The molecule has 1 aromatic carbocycles. The van der Waals surface area contributed by atoms with Crippen LogP contribution in [0.2, 0.25) is 0 Å². The van der Waals surface area contributed by atoms with Crippen molar-refractivity contribution < 1.29 is 0 Å². The van der Waals surface area contributed by atoms with E-state index in [1.807, 2.05) is 19.1 Å². The predicted molar refractivity (Wildman–Crippen MR) is 65.5 cm³/mol. The second kappa shape index (κ2) is 3.83. The lowest BCUT2D eigenvalue weighted by atomic mass is 10.2. The van der Waals surface area contributed by atoms with Gasteiger partial charge in [0.25, 0.3) is 0 Å². The van der Waals surface area contributed by atoms with E-state index in [0.29, 0.717) is 0 Å². The van der Waals surface area contributed by atoms with Gasteiger partial charge in [0.2, 0.25) is 0 Å². The van der Waals surface area contributed by atoms with Crippen molar-refractivity contribution in [3.05, 3.63) is 30.0 Å². The standard InChI is InChI=1S/C11H11NS2/c1-7-3-4-8-10(14-2)6-5-9(13)11(8)12-7/h3-6,13H,1-2H3. The molecule has 0 atom stereocenters. The molecule has 1 nitrogen and oxygen atoms in total. The maximum absolute atomic E-state index is 4.49. The second-order valence-corrected chi connectivity index (χ2v) is 4.47. The minimum absolute atomic E-state index is 0.946. The molecule has 0 N–H and O–H groups in total. The number of thiol groups is 1. The van der Waals surface area contributed by atoms with E-state index in [1.54, 1.807) is 11.8 Å². The number of nitrogens with zero attached hydrogens (tertiary/aromatic N) is 1. The Balaban J connectivity index is 2.84. The van der Waals surface area contributed by atoms with Gasteiger partial charge in [-0.1, -0.05) is 0 Å². The summed E-state index contributed by atoms with van der Waals surface area (Å²) in [7, 11) is 0. The molecule has 0 spiro atoms. The number of fused-ring (bicyclic) bond motifs is 1. The van der Waals surface area contributed by atoms with E-state index in [1.165, 1.54) is 10.3 Å². The molecular weight excluding hydrogens is 210 g/mol.